The third kappa shape index (κ3) is 5.04. The first-order valence-electron chi connectivity index (χ1n) is 11.3. The van der Waals surface area contributed by atoms with Crippen molar-refractivity contribution in [3.8, 4) is 34.5 Å². The van der Waals surface area contributed by atoms with Gasteiger partial charge in [0, 0.05) is 30.5 Å². The Labute approximate surface area is 210 Å². The number of aliphatic hydroxyl groups excluding tert-OH is 4. The summed E-state index contributed by atoms with van der Waals surface area (Å²) in [6.45, 7) is 0.521. The van der Waals surface area contributed by atoms with Crippen LogP contribution in [0.15, 0.2) is 24.3 Å². The Morgan fingerprint density at radius 3 is 2.38 bits per heavy atom. The van der Waals surface area contributed by atoms with Crippen molar-refractivity contribution in [1.82, 2.24) is 0 Å². The van der Waals surface area contributed by atoms with Gasteiger partial charge in [0.1, 0.15) is 36.3 Å². The zero-order valence-electron chi connectivity index (χ0n) is 19.8. The van der Waals surface area contributed by atoms with Gasteiger partial charge < -0.3 is 59.4 Å². The fraction of sp³-hybridized carbons (Fsp3) is 0.458. The van der Waals surface area contributed by atoms with E-state index in [4.69, 9.17) is 23.7 Å². The maximum Gasteiger partial charge on any atom is 0.303 e. The van der Waals surface area contributed by atoms with E-state index in [0.717, 1.165) is 0 Å². The molecular weight excluding hydrogens is 496 g/mol. The van der Waals surface area contributed by atoms with E-state index >= 15 is 0 Å². The van der Waals surface area contributed by atoms with Crippen LogP contribution < -0.4 is 14.2 Å². The van der Waals surface area contributed by atoms with Gasteiger partial charge in [0.05, 0.1) is 13.7 Å². The molecule has 0 radical (unpaired) electrons. The number of phenolic OH excluding ortho intramolecular Hbond substituents is 3. The molecule has 0 aliphatic carbocycles. The van der Waals surface area contributed by atoms with E-state index in [1.165, 1.54) is 38.3 Å². The van der Waals surface area contributed by atoms with Crippen LogP contribution in [0.1, 0.15) is 24.2 Å². The predicted molar refractivity (Wildman–Crippen MR) is 121 cm³/mol. The highest BCUT2D eigenvalue weighted by Crippen LogP contribution is 2.51. The van der Waals surface area contributed by atoms with Gasteiger partial charge in [0.15, 0.2) is 29.1 Å². The lowest BCUT2D eigenvalue weighted by molar-refractivity contribution is -0.278. The van der Waals surface area contributed by atoms with Crippen LogP contribution in [0, 0.1) is 0 Å². The third-order valence-electron chi connectivity index (χ3n) is 6.21. The number of carbonyl (C=O) groups is 1. The topological polar surface area (TPSA) is 205 Å². The average Bonchev–Trinajstić information content (AvgIpc) is 2.86. The minimum atomic E-state index is -1.77. The smallest absolute Gasteiger partial charge is 0.303 e. The summed E-state index contributed by atoms with van der Waals surface area (Å²) in [5.74, 6) is -2.16. The highest BCUT2D eigenvalue weighted by atomic mass is 16.7. The van der Waals surface area contributed by atoms with Gasteiger partial charge in [-0.1, -0.05) is 6.07 Å². The summed E-state index contributed by atoms with van der Waals surface area (Å²) in [5, 5.41) is 70.5. The van der Waals surface area contributed by atoms with Crippen molar-refractivity contribution >= 4 is 5.97 Å². The van der Waals surface area contributed by atoms with E-state index in [-0.39, 0.29) is 29.4 Å². The Kier molecular flexibility index (Phi) is 7.52. The van der Waals surface area contributed by atoms with Crippen molar-refractivity contribution < 1.29 is 64.2 Å². The van der Waals surface area contributed by atoms with Crippen LogP contribution in [0.4, 0.5) is 0 Å². The van der Waals surface area contributed by atoms with Gasteiger partial charge in [-0.25, -0.2) is 0 Å². The molecule has 202 valence electrons. The molecular formula is C24H28O13. The van der Waals surface area contributed by atoms with Crippen molar-refractivity contribution in [1.29, 1.82) is 0 Å². The summed E-state index contributed by atoms with van der Waals surface area (Å²) in [4.78, 5) is 11.8. The first-order chi connectivity index (χ1) is 17.5. The van der Waals surface area contributed by atoms with E-state index in [9.17, 15) is 40.5 Å². The lowest BCUT2D eigenvalue weighted by Crippen LogP contribution is -2.60. The van der Waals surface area contributed by atoms with Crippen LogP contribution in [-0.2, 0) is 20.7 Å². The predicted octanol–water partition coefficient (Wildman–Crippen LogP) is -0.401. The number of benzene rings is 2. The SMILES string of the molecule is COc1cc(O)c(O[C@@H]2O[C@H](CO)[C@@H](O)[C@H](O)[C@H]2O)c2c1C[C@@H](OC(C)=O)[C@@H](c1ccc(O)c(O)c1)O2. The zero-order chi connectivity index (χ0) is 27.0. The van der Waals surface area contributed by atoms with Crippen molar-refractivity contribution in [2.45, 2.75) is 56.3 Å². The quantitative estimate of drug-likeness (QED) is 0.190. The molecule has 1 fully saturated rings. The number of hydrogen-bond acceptors (Lipinski definition) is 13. The number of fused-ring (bicyclic) bond motifs is 1. The molecule has 13 nitrogen and oxygen atoms in total. The van der Waals surface area contributed by atoms with Crippen molar-refractivity contribution in [3.05, 3.63) is 35.4 Å². The molecule has 1 saturated heterocycles. The number of aromatic hydroxyl groups is 3. The minimum Gasteiger partial charge on any atom is -0.504 e. The molecule has 2 aliphatic rings. The highest BCUT2D eigenvalue weighted by Gasteiger charge is 2.46. The van der Waals surface area contributed by atoms with Crippen LogP contribution in [0.5, 0.6) is 34.5 Å². The zero-order valence-corrected chi connectivity index (χ0v) is 19.8. The Hall–Kier alpha value is -3.49. The molecule has 0 bridgehead atoms. The Bertz CT molecular complexity index is 1150. The van der Waals surface area contributed by atoms with Gasteiger partial charge in [-0.2, -0.15) is 0 Å². The molecule has 2 heterocycles. The van der Waals surface area contributed by atoms with Gasteiger partial charge >= 0.3 is 5.97 Å². The normalized spacial score (nSPS) is 29.1. The van der Waals surface area contributed by atoms with Crippen LogP contribution >= 0.6 is 0 Å². The average molecular weight is 524 g/mol. The molecule has 0 unspecified atom stereocenters. The van der Waals surface area contributed by atoms with E-state index in [0.29, 0.717) is 11.1 Å². The number of phenols is 3. The molecule has 0 aromatic heterocycles. The first-order valence-corrected chi connectivity index (χ1v) is 11.3. The largest absolute Gasteiger partial charge is 0.504 e. The molecule has 37 heavy (non-hydrogen) atoms. The van der Waals surface area contributed by atoms with Crippen LogP contribution in [0.2, 0.25) is 0 Å². The summed E-state index contributed by atoms with van der Waals surface area (Å²) >= 11 is 0. The molecule has 7 N–H and O–H groups in total. The molecule has 2 aromatic rings. The first kappa shape index (κ1) is 26.6. The standard InChI is InChI=1S/C24H28O13/c1-9(26)34-16-6-11-15(33-2)7-14(29)23(37-24-20(32)19(31)18(30)17(8-25)35-24)22(11)36-21(16)10-3-4-12(27)13(28)5-10/h3-5,7,16-21,24-25,27-32H,6,8H2,1-2H3/t16-,17-,18-,19+,20-,21-,24+/m1/s1. The Morgan fingerprint density at radius 2 is 1.76 bits per heavy atom. The fourth-order valence-corrected chi connectivity index (χ4v) is 4.36. The summed E-state index contributed by atoms with van der Waals surface area (Å²) in [7, 11) is 1.35. The second-order valence-electron chi connectivity index (χ2n) is 8.69. The number of carbonyl (C=O) groups excluding carboxylic acids is 1. The van der Waals surface area contributed by atoms with Gasteiger partial charge in [-0.05, 0) is 12.1 Å². The van der Waals surface area contributed by atoms with Crippen molar-refractivity contribution in [2.75, 3.05) is 13.7 Å². The summed E-state index contributed by atoms with van der Waals surface area (Å²) in [5.41, 5.74) is 0.638. The molecule has 2 aliphatic heterocycles. The molecule has 4 rings (SSSR count). The number of ether oxygens (including phenoxy) is 5. The third-order valence-corrected chi connectivity index (χ3v) is 6.21. The van der Waals surface area contributed by atoms with Gasteiger partial charge in [-0.15, -0.1) is 0 Å². The number of aliphatic hydroxyl groups is 4. The van der Waals surface area contributed by atoms with Crippen LogP contribution in [0.25, 0.3) is 0 Å². The highest BCUT2D eigenvalue weighted by molar-refractivity contribution is 5.67. The van der Waals surface area contributed by atoms with Gasteiger partial charge in [-0.3, -0.25) is 4.79 Å². The second-order valence-corrected chi connectivity index (χ2v) is 8.69. The maximum absolute atomic E-state index is 11.8. The van der Waals surface area contributed by atoms with Gasteiger partial charge in [0.2, 0.25) is 12.0 Å². The number of esters is 1. The lowest BCUT2D eigenvalue weighted by atomic mass is 9.93. The fourth-order valence-electron chi connectivity index (χ4n) is 4.36. The molecule has 0 spiro atoms. The molecule has 2 aromatic carbocycles. The van der Waals surface area contributed by atoms with Gasteiger partial charge in [0.25, 0.3) is 0 Å². The number of rotatable bonds is 6. The summed E-state index contributed by atoms with van der Waals surface area (Å²) in [6.07, 6.45) is -9.97. The maximum atomic E-state index is 11.8. The van der Waals surface area contributed by atoms with E-state index < -0.39 is 67.0 Å². The summed E-state index contributed by atoms with van der Waals surface area (Å²) < 4.78 is 28.0. The molecule has 7 atom stereocenters. The minimum absolute atomic E-state index is 0.00964. The Balaban J connectivity index is 1.78. The molecule has 13 heteroatoms. The Morgan fingerprint density at radius 1 is 1.03 bits per heavy atom. The monoisotopic (exact) mass is 524 g/mol. The molecule has 0 saturated carbocycles. The number of methoxy groups -OCH3 is 1. The van der Waals surface area contributed by atoms with Crippen molar-refractivity contribution in [3.63, 3.8) is 0 Å². The van der Waals surface area contributed by atoms with E-state index in [2.05, 4.69) is 0 Å². The molecule has 0 amide bonds. The summed E-state index contributed by atoms with van der Waals surface area (Å²) in [6, 6.07) is 5.10. The van der Waals surface area contributed by atoms with Crippen LogP contribution in [-0.4, -0.2) is 92.2 Å². The van der Waals surface area contributed by atoms with E-state index in [1.807, 2.05) is 0 Å². The van der Waals surface area contributed by atoms with Crippen LogP contribution in [0.3, 0.4) is 0 Å². The van der Waals surface area contributed by atoms with E-state index in [1.54, 1.807) is 0 Å². The number of hydrogen-bond donors (Lipinski definition) is 7. The lowest BCUT2D eigenvalue weighted by Gasteiger charge is -2.40. The second kappa shape index (κ2) is 10.5. The van der Waals surface area contributed by atoms with Crippen molar-refractivity contribution in [2.24, 2.45) is 0 Å².